The van der Waals surface area contributed by atoms with E-state index < -0.39 is 5.82 Å². The van der Waals surface area contributed by atoms with Crippen molar-refractivity contribution in [3.8, 4) is 17.4 Å². The second kappa shape index (κ2) is 7.81. The third kappa shape index (κ3) is 4.36. The third-order valence-corrected chi connectivity index (χ3v) is 4.17. The van der Waals surface area contributed by atoms with Gasteiger partial charge in [0.05, 0.1) is 6.61 Å². The summed E-state index contributed by atoms with van der Waals surface area (Å²) in [4.78, 5) is 4.33. The fourth-order valence-corrected chi connectivity index (χ4v) is 2.80. The highest BCUT2D eigenvalue weighted by Crippen LogP contribution is 2.32. The maximum atomic E-state index is 14.0. The van der Waals surface area contributed by atoms with Gasteiger partial charge in [-0.15, -0.1) is 0 Å². The van der Waals surface area contributed by atoms with Crippen molar-refractivity contribution in [1.82, 2.24) is 10.3 Å². The van der Waals surface area contributed by atoms with Crippen LogP contribution in [0.2, 0.25) is 5.02 Å². The first-order chi connectivity index (χ1) is 11.6. The summed E-state index contributed by atoms with van der Waals surface area (Å²) in [5.74, 6) is 0.774. The maximum Gasteiger partial charge on any atom is 0.262 e. The van der Waals surface area contributed by atoms with Gasteiger partial charge in [-0.1, -0.05) is 11.6 Å². The average Bonchev–Trinajstić information content (AvgIpc) is 2.57. The van der Waals surface area contributed by atoms with Crippen molar-refractivity contribution in [2.45, 2.75) is 19.8 Å². The van der Waals surface area contributed by atoms with Crippen LogP contribution in [0.25, 0.3) is 0 Å². The molecule has 1 saturated heterocycles. The van der Waals surface area contributed by atoms with E-state index in [1.807, 2.05) is 19.1 Å². The van der Waals surface area contributed by atoms with Crippen LogP contribution in [0.5, 0.6) is 17.4 Å². The van der Waals surface area contributed by atoms with Gasteiger partial charge in [0, 0.05) is 23.2 Å². The number of piperidine rings is 1. The molecule has 3 rings (SSSR count). The molecule has 1 aliphatic heterocycles. The molecular formula is C18H20ClFN2O2. The fourth-order valence-electron chi connectivity index (χ4n) is 2.64. The number of rotatable bonds is 5. The zero-order chi connectivity index (χ0) is 16.9. The predicted octanol–water partition coefficient (Wildman–Crippen LogP) is 4.35. The highest BCUT2D eigenvalue weighted by Gasteiger charge is 2.17. The molecule has 0 radical (unpaired) electrons. The van der Waals surface area contributed by atoms with Gasteiger partial charge >= 0.3 is 0 Å². The van der Waals surface area contributed by atoms with E-state index in [1.54, 1.807) is 6.07 Å². The van der Waals surface area contributed by atoms with Crippen LogP contribution in [0.3, 0.4) is 0 Å². The standard InChI is InChI=1S/C18H20ClFN2O2/c1-12-4-6-17(23-11-13-3-2-8-21-10-13)18(22-12)24-16-7-5-14(19)9-15(16)20/h4-7,9,13,21H,2-3,8,10-11H2,1H3. The van der Waals surface area contributed by atoms with Gasteiger partial charge in [-0.2, -0.15) is 0 Å². The summed E-state index contributed by atoms with van der Waals surface area (Å²) >= 11 is 5.77. The molecule has 1 aromatic carbocycles. The number of nitrogens with zero attached hydrogens (tertiary/aromatic N) is 1. The van der Waals surface area contributed by atoms with Crippen LogP contribution in [-0.2, 0) is 0 Å². The molecule has 0 spiro atoms. The molecule has 1 aliphatic rings. The molecule has 6 heteroatoms. The Morgan fingerprint density at radius 2 is 2.12 bits per heavy atom. The minimum Gasteiger partial charge on any atom is -0.488 e. The molecule has 0 saturated carbocycles. The Bertz CT molecular complexity index is 705. The number of hydrogen-bond donors (Lipinski definition) is 1. The lowest BCUT2D eigenvalue weighted by Crippen LogP contribution is -2.33. The van der Waals surface area contributed by atoms with E-state index in [9.17, 15) is 4.39 Å². The summed E-state index contributed by atoms with van der Waals surface area (Å²) in [7, 11) is 0. The second-order valence-corrected chi connectivity index (χ2v) is 6.39. The first-order valence-electron chi connectivity index (χ1n) is 8.06. The lowest BCUT2D eigenvalue weighted by atomic mass is 10.0. The van der Waals surface area contributed by atoms with E-state index in [-0.39, 0.29) is 11.6 Å². The van der Waals surface area contributed by atoms with Crippen molar-refractivity contribution in [3.63, 3.8) is 0 Å². The molecule has 1 atom stereocenters. The minimum absolute atomic E-state index is 0.0710. The number of halogens is 2. The van der Waals surface area contributed by atoms with E-state index in [2.05, 4.69) is 10.3 Å². The highest BCUT2D eigenvalue weighted by molar-refractivity contribution is 6.30. The van der Waals surface area contributed by atoms with E-state index in [4.69, 9.17) is 21.1 Å². The number of benzene rings is 1. The average molecular weight is 351 g/mol. The Kier molecular flexibility index (Phi) is 5.53. The number of hydrogen-bond acceptors (Lipinski definition) is 4. The summed E-state index contributed by atoms with van der Waals surface area (Å²) in [5, 5.41) is 3.68. The largest absolute Gasteiger partial charge is 0.488 e. The van der Waals surface area contributed by atoms with E-state index >= 15 is 0 Å². The Hall–Kier alpha value is -1.85. The molecule has 2 aromatic rings. The van der Waals surface area contributed by atoms with E-state index in [1.165, 1.54) is 12.1 Å². The zero-order valence-corrected chi connectivity index (χ0v) is 14.3. The van der Waals surface area contributed by atoms with Crippen molar-refractivity contribution in [3.05, 3.63) is 46.9 Å². The Labute approximate surface area is 146 Å². The van der Waals surface area contributed by atoms with E-state index in [0.717, 1.165) is 31.6 Å². The van der Waals surface area contributed by atoms with Crippen LogP contribution in [0, 0.1) is 18.7 Å². The Morgan fingerprint density at radius 1 is 1.29 bits per heavy atom. The smallest absolute Gasteiger partial charge is 0.262 e. The van der Waals surface area contributed by atoms with Crippen LogP contribution in [0.15, 0.2) is 30.3 Å². The van der Waals surface area contributed by atoms with Crippen LogP contribution in [-0.4, -0.2) is 24.7 Å². The fraction of sp³-hybridized carbons (Fsp3) is 0.389. The molecule has 1 fully saturated rings. The number of aromatic nitrogens is 1. The van der Waals surface area contributed by atoms with Crippen molar-refractivity contribution < 1.29 is 13.9 Å². The van der Waals surface area contributed by atoms with Crippen LogP contribution >= 0.6 is 11.6 Å². The lowest BCUT2D eigenvalue weighted by Gasteiger charge is -2.23. The molecule has 0 amide bonds. The molecular weight excluding hydrogens is 331 g/mol. The van der Waals surface area contributed by atoms with Gasteiger partial charge in [-0.25, -0.2) is 9.37 Å². The summed E-state index contributed by atoms with van der Waals surface area (Å²) in [5.41, 5.74) is 0.769. The van der Waals surface area contributed by atoms with Gasteiger partial charge < -0.3 is 14.8 Å². The molecule has 1 N–H and O–H groups in total. The Balaban J connectivity index is 1.74. The summed E-state index contributed by atoms with van der Waals surface area (Å²) in [6, 6.07) is 7.92. The minimum atomic E-state index is -0.534. The third-order valence-electron chi connectivity index (χ3n) is 3.94. The normalized spacial score (nSPS) is 17.5. The maximum absolute atomic E-state index is 14.0. The number of aryl methyl sites for hydroxylation is 1. The molecule has 0 bridgehead atoms. The predicted molar refractivity (Wildman–Crippen MR) is 91.5 cm³/mol. The van der Waals surface area contributed by atoms with Gasteiger partial charge in [-0.3, -0.25) is 0 Å². The first-order valence-corrected chi connectivity index (χ1v) is 8.43. The van der Waals surface area contributed by atoms with Gasteiger partial charge in [0.25, 0.3) is 5.88 Å². The van der Waals surface area contributed by atoms with Gasteiger partial charge in [0.1, 0.15) is 0 Å². The Morgan fingerprint density at radius 3 is 2.88 bits per heavy atom. The molecule has 1 unspecified atom stereocenters. The van der Waals surface area contributed by atoms with Gasteiger partial charge in [-0.05, 0) is 56.6 Å². The molecule has 1 aromatic heterocycles. The highest BCUT2D eigenvalue weighted by atomic mass is 35.5. The summed E-state index contributed by atoms with van der Waals surface area (Å²) in [6.45, 7) is 4.44. The number of nitrogens with one attached hydrogen (secondary N) is 1. The summed E-state index contributed by atoms with van der Waals surface area (Å²) in [6.07, 6.45) is 2.29. The SMILES string of the molecule is Cc1ccc(OCC2CCCNC2)c(Oc2ccc(Cl)cc2F)n1. The number of ether oxygens (including phenoxy) is 2. The lowest BCUT2D eigenvalue weighted by molar-refractivity contribution is 0.211. The van der Waals surface area contributed by atoms with Crippen LogP contribution in [0.1, 0.15) is 18.5 Å². The molecule has 128 valence electrons. The molecule has 0 aliphatic carbocycles. The van der Waals surface area contributed by atoms with Crippen LogP contribution < -0.4 is 14.8 Å². The van der Waals surface area contributed by atoms with Gasteiger partial charge in [0.2, 0.25) is 0 Å². The van der Waals surface area contributed by atoms with Crippen molar-refractivity contribution in [2.75, 3.05) is 19.7 Å². The second-order valence-electron chi connectivity index (χ2n) is 5.96. The van der Waals surface area contributed by atoms with Crippen molar-refractivity contribution in [1.29, 1.82) is 0 Å². The number of pyridine rings is 1. The van der Waals surface area contributed by atoms with E-state index in [0.29, 0.717) is 23.3 Å². The first kappa shape index (κ1) is 17.0. The quantitative estimate of drug-likeness (QED) is 0.870. The molecule has 24 heavy (non-hydrogen) atoms. The van der Waals surface area contributed by atoms with Crippen molar-refractivity contribution >= 4 is 11.6 Å². The van der Waals surface area contributed by atoms with Crippen molar-refractivity contribution in [2.24, 2.45) is 5.92 Å². The molecule has 4 nitrogen and oxygen atoms in total. The topological polar surface area (TPSA) is 43.4 Å². The van der Waals surface area contributed by atoms with Crippen LogP contribution in [0.4, 0.5) is 4.39 Å². The zero-order valence-electron chi connectivity index (χ0n) is 13.5. The van der Waals surface area contributed by atoms with Gasteiger partial charge in [0.15, 0.2) is 17.3 Å². The molecule has 2 heterocycles. The summed E-state index contributed by atoms with van der Waals surface area (Å²) < 4.78 is 25.5. The monoisotopic (exact) mass is 350 g/mol.